The van der Waals surface area contributed by atoms with Crippen molar-refractivity contribution in [2.45, 2.75) is 30.8 Å². The number of carbonyl (C=O) groups is 1. The largest absolute Gasteiger partial charge is 0.454 e. The highest BCUT2D eigenvalue weighted by molar-refractivity contribution is 5.94. The lowest BCUT2D eigenvalue weighted by atomic mass is 9.75. The molecule has 6 heterocycles. The van der Waals surface area contributed by atoms with Crippen LogP contribution in [0.4, 0.5) is 4.39 Å². The summed E-state index contributed by atoms with van der Waals surface area (Å²) in [6.45, 7) is 3.03. The van der Waals surface area contributed by atoms with Gasteiger partial charge in [0.15, 0.2) is 11.5 Å². The number of rotatable bonds is 2. The fourth-order valence-electron chi connectivity index (χ4n) is 5.79. The van der Waals surface area contributed by atoms with Crippen LogP contribution in [-0.4, -0.2) is 59.2 Å². The Bertz CT molecular complexity index is 976. The maximum absolute atomic E-state index is 13.7. The van der Waals surface area contributed by atoms with Gasteiger partial charge in [-0.2, -0.15) is 0 Å². The standard InChI is InChI=1S/C22H22FN3O3/c23-16-7-15(9-24-10-16)22(27)26-11-17(14-1-2-18-19(8-14)29-12-28-18)21-20(26)13-3-5-25(21)6-4-13/h1-2,7-10,13,17,20-21H,3-6,11-12H2/t17-,20+,21+/m1/s1. The van der Waals surface area contributed by atoms with Gasteiger partial charge in [0.2, 0.25) is 6.79 Å². The summed E-state index contributed by atoms with van der Waals surface area (Å²) < 4.78 is 24.7. The van der Waals surface area contributed by atoms with E-state index in [1.807, 2.05) is 11.0 Å². The fraction of sp³-hybridized carbons (Fsp3) is 0.455. The first-order valence-corrected chi connectivity index (χ1v) is 10.2. The number of benzene rings is 1. The molecule has 5 aliphatic rings. The molecule has 4 saturated heterocycles. The van der Waals surface area contributed by atoms with E-state index in [9.17, 15) is 9.18 Å². The van der Waals surface area contributed by atoms with Gasteiger partial charge in [0.25, 0.3) is 5.91 Å². The molecule has 1 amide bonds. The average molecular weight is 395 g/mol. The first-order valence-electron chi connectivity index (χ1n) is 10.2. The van der Waals surface area contributed by atoms with Gasteiger partial charge in [0, 0.05) is 24.7 Å². The highest BCUT2D eigenvalue weighted by Gasteiger charge is 2.54. The Kier molecular flexibility index (Phi) is 3.81. The molecular formula is C22H22FN3O3. The number of amides is 1. The molecule has 0 saturated carbocycles. The van der Waals surface area contributed by atoms with Gasteiger partial charge in [-0.1, -0.05) is 6.07 Å². The molecule has 1 aromatic heterocycles. The Morgan fingerprint density at radius 2 is 1.90 bits per heavy atom. The van der Waals surface area contributed by atoms with Crippen LogP contribution in [0.15, 0.2) is 36.7 Å². The van der Waals surface area contributed by atoms with Crippen molar-refractivity contribution in [1.82, 2.24) is 14.8 Å². The zero-order valence-corrected chi connectivity index (χ0v) is 16.0. The molecule has 150 valence electrons. The van der Waals surface area contributed by atoms with Crippen LogP contribution >= 0.6 is 0 Å². The topological polar surface area (TPSA) is 54.9 Å². The number of pyridine rings is 1. The molecular weight excluding hydrogens is 373 g/mol. The summed E-state index contributed by atoms with van der Waals surface area (Å²) >= 11 is 0. The van der Waals surface area contributed by atoms with E-state index in [-0.39, 0.29) is 30.7 Å². The number of likely N-dealkylation sites (tertiary alicyclic amines) is 1. The minimum atomic E-state index is -0.479. The number of carbonyl (C=O) groups excluding carboxylic acids is 1. The predicted octanol–water partition coefficient (Wildman–Crippen LogP) is 2.65. The van der Waals surface area contributed by atoms with Gasteiger partial charge < -0.3 is 14.4 Å². The molecule has 4 fully saturated rings. The molecule has 2 aromatic rings. The zero-order valence-electron chi connectivity index (χ0n) is 16.0. The number of fused-ring (bicyclic) bond motifs is 3. The number of halogens is 1. The SMILES string of the molecule is O=C(c1cncc(F)c1)N1C[C@H](c2ccc3c(c2)OCO3)[C@H]2[C@@H]1C1CCN2CC1. The van der Waals surface area contributed by atoms with Gasteiger partial charge in [0.1, 0.15) is 5.82 Å². The molecule has 0 N–H and O–H groups in total. The highest BCUT2D eigenvalue weighted by atomic mass is 19.1. The minimum absolute atomic E-state index is 0.121. The maximum Gasteiger partial charge on any atom is 0.255 e. The number of nitrogens with zero attached hydrogens (tertiary/aromatic N) is 3. The summed E-state index contributed by atoms with van der Waals surface area (Å²) in [4.78, 5) is 21.7. The summed E-state index contributed by atoms with van der Waals surface area (Å²) in [6.07, 6.45) is 4.82. The van der Waals surface area contributed by atoms with Crippen LogP contribution < -0.4 is 9.47 Å². The molecule has 5 aliphatic heterocycles. The minimum Gasteiger partial charge on any atom is -0.454 e. The number of hydrogen-bond acceptors (Lipinski definition) is 5. The van der Waals surface area contributed by atoms with E-state index >= 15 is 0 Å². The van der Waals surface area contributed by atoms with E-state index in [1.165, 1.54) is 17.8 Å². The van der Waals surface area contributed by atoms with Crippen molar-refractivity contribution in [2.24, 2.45) is 5.92 Å². The summed E-state index contributed by atoms with van der Waals surface area (Å²) in [5.74, 6) is 1.64. The summed E-state index contributed by atoms with van der Waals surface area (Å²) in [5, 5.41) is 0. The van der Waals surface area contributed by atoms with Gasteiger partial charge >= 0.3 is 0 Å². The quantitative estimate of drug-likeness (QED) is 0.783. The lowest BCUT2D eigenvalue weighted by Crippen LogP contribution is -2.60. The number of hydrogen-bond donors (Lipinski definition) is 0. The summed E-state index contributed by atoms with van der Waals surface area (Å²) in [7, 11) is 0. The molecule has 7 heteroatoms. The van der Waals surface area contributed by atoms with Crippen molar-refractivity contribution in [2.75, 3.05) is 26.4 Å². The lowest BCUT2D eigenvalue weighted by molar-refractivity contribution is -0.00344. The second-order valence-electron chi connectivity index (χ2n) is 8.42. The predicted molar refractivity (Wildman–Crippen MR) is 102 cm³/mol. The first kappa shape index (κ1) is 17.2. The molecule has 7 rings (SSSR count). The third kappa shape index (κ3) is 2.64. The van der Waals surface area contributed by atoms with Crippen LogP contribution in [-0.2, 0) is 0 Å². The normalized spacial score (nSPS) is 31.8. The first-order chi connectivity index (χ1) is 14.2. The Morgan fingerprint density at radius 1 is 1.07 bits per heavy atom. The fourth-order valence-corrected chi connectivity index (χ4v) is 5.79. The third-order valence-electron chi connectivity index (χ3n) is 7.03. The van der Waals surface area contributed by atoms with Crippen molar-refractivity contribution in [1.29, 1.82) is 0 Å². The molecule has 0 unspecified atom stereocenters. The van der Waals surface area contributed by atoms with E-state index < -0.39 is 5.82 Å². The van der Waals surface area contributed by atoms with Crippen molar-refractivity contribution in [3.63, 3.8) is 0 Å². The van der Waals surface area contributed by atoms with Crippen LogP contribution in [0.3, 0.4) is 0 Å². The summed E-state index contributed by atoms with van der Waals surface area (Å²) in [5.41, 5.74) is 1.50. The van der Waals surface area contributed by atoms with Crippen molar-refractivity contribution in [3.8, 4) is 11.5 Å². The van der Waals surface area contributed by atoms with Gasteiger partial charge in [-0.05, 0) is 55.6 Å². The Hall–Kier alpha value is -2.67. The molecule has 3 atom stereocenters. The van der Waals surface area contributed by atoms with Gasteiger partial charge in [0.05, 0.1) is 17.8 Å². The lowest BCUT2D eigenvalue weighted by Gasteiger charge is -2.51. The molecule has 0 aliphatic carbocycles. The monoisotopic (exact) mass is 395 g/mol. The van der Waals surface area contributed by atoms with Crippen LogP contribution in [0.1, 0.15) is 34.7 Å². The average Bonchev–Trinajstić information content (AvgIpc) is 3.39. The zero-order chi connectivity index (χ0) is 19.5. The number of ether oxygens (including phenoxy) is 2. The van der Waals surface area contributed by atoms with E-state index in [4.69, 9.17) is 9.47 Å². The van der Waals surface area contributed by atoms with Crippen molar-refractivity contribution in [3.05, 3.63) is 53.6 Å². The molecule has 1 aromatic carbocycles. The maximum atomic E-state index is 13.7. The Balaban J connectivity index is 1.38. The Labute approximate surface area is 168 Å². The van der Waals surface area contributed by atoms with E-state index in [2.05, 4.69) is 22.0 Å². The molecule has 6 nitrogen and oxygen atoms in total. The molecule has 29 heavy (non-hydrogen) atoms. The second kappa shape index (κ2) is 6.42. The van der Waals surface area contributed by atoms with Crippen molar-refractivity contribution >= 4 is 5.91 Å². The van der Waals surface area contributed by atoms with E-state index in [1.54, 1.807) is 0 Å². The van der Waals surface area contributed by atoms with Crippen LogP contribution in [0.2, 0.25) is 0 Å². The highest BCUT2D eigenvalue weighted by Crippen LogP contribution is 2.48. The van der Waals surface area contributed by atoms with E-state index in [0.29, 0.717) is 18.0 Å². The number of piperidine rings is 3. The third-order valence-corrected chi connectivity index (χ3v) is 7.03. The second-order valence-corrected chi connectivity index (χ2v) is 8.42. The number of aromatic nitrogens is 1. The van der Waals surface area contributed by atoms with Crippen LogP contribution in [0.5, 0.6) is 11.5 Å². The van der Waals surface area contributed by atoms with Crippen LogP contribution in [0, 0.1) is 11.7 Å². The molecule has 0 radical (unpaired) electrons. The van der Waals surface area contributed by atoms with E-state index in [0.717, 1.165) is 43.6 Å². The van der Waals surface area contributed by atoms with Crippen LogP contribution in [0.25, 0.3) is 0 Å². The van der Waals surface area contributed by atoms with Gasteiger partial charge in [-0.25, -0.2) is 4.39 Å². The van der Waals surface area contributed by atoms with Crippen molar-refractivity contribution < 1.29 is 18.7 Å². The smallest absolute Gasteiger partial charge is 0.255 e. The van der Waals surface area contributed by atoms with Gasteiger partial charge in [-0.3, -0.25) is 14.7 Å². The summed E-state index contributed by atoms with van der Waals surface area (Å²) in [6, 6.07) is 7.85. The molecule has 2 bridgehead atoms. The van der Waals surface area contributed by atoms with Gasteiger partial charge in [-0.15, -0.1) is 0 Å². The Morgan fingerprint density at radius 3 is 2.72 bits per heavy atom. The molecule has 0 spiro atoms.